The number of thiophene rings is 1. The van der Waals surface area contributed by atoms with E-state index in [0.717, 1.165) is 17.7 Å². The van der Waals surface area contributed by atoms with E-state index >= 15 is 0 Å². The van der Waals surface area contributed by atoms with Gasteiger partial charge in [0.25, 0.3) is 5.91 Å². The van der Waals surface area contributed by atoms with Crippen LogP contribution in [0.1, 0.15) is 40.3 Å². The highest BCUT2D eigenvalue weighted by Crippen LogP contribution is 2.21. The first-order valence-electron chi connectivity index (χ1n) is 7.82. The van der Waals surface area contributed by atoms with Crippen LogP contribution in [-0.2, 0) is 11.3 Å². The lowest BCUT2D eigenvalue weighted by atomic mass is 10.0. The average Bonchev–Trinajstić information content (AvgIpc) is 3.24. The van der Waals surface area contributed by atoms with Crippen molar-refractivity contribution in [3.63, 3.8) is 0 Å². The van der Waals surface area contributed by atoms with Crippen molar-refractivity contribution in [2.24, 2.45) is 0 Å². The van der Waals surface area contributed by atoms with Gasteiger partial charge in [-0.1, -0.05) is 0 Å². The molecule has 1 N–H and O–H groups in total. The van der Waals surface area contributed by atoms with Crippen molar-refractivity contribution in [3.8, 4) is 0 Å². The van der Waals surface area contributed by atoms with E-state index in [9.17, 15) is 9.59 Å². The summed E-state index contributed by atoms with van der Waals surface area (Å²) in [5.41, 5.74) is 1.18. The van der Waals surface area contributed by atoms with Gasteiger partial charge in [-0.05, 0) is 55.3 Å². The van der Waals surface area contributed by atoms with E-state index in [1.54, 1.807) is 28.4 Å². The summed E-state index contributed by atoms with van der Waals surface area (Å²) in [6.45, 7) is 3.14. The molecule has 1 unspecified atom stereocenters. The third-order valence-corrected chi connectivity index (χ3v) is 5.21. The van der Waals surface area contributed by atoms with Crippen molar-refractivity contribution in [1.29, 1.82) is 0 Å². The molecule has 1 aliphatic heterocycles. The summed E-state index contributed by atoms with van der Waals surface area (Å²) >= 11 is 1.63. The maximum atomic E-state index is 12.6. The Balaban J connectivity index is 1.67. The summed E-state index contributed by atoms with van der Waals surface area (Å²) < 4.78 is 5.19. The molecule has 2 amide bonds. The molecule has 3 rings (SSSR count). The predicted octanol–water partition coefficient (Wildman–Crippen LogP) is 2.96. The average molecular weight is 332 g/mol. The number of amides is 2. The largest absolute Gasteiger partial charge is 0.459 e. The third kappa shape index (κ3) is 3.47. The Kier molecular flexibility index (Phi) is 4.81. The first kappa shape index (κ1) is 15.8. The maximum Gasteiger partial charge on any atom is 0.290 e. The topological polar surface area (TPSA) is 62.6 Å². The van der Waals surface area contributed by atoms with Gasteiger partial charge >= 0.3 is 0 Å². The fourth-order valence-corrected chi connectivity index (χ4v) is 3.71. The summed E-state index contributed by atoms with van der Waals surface area (Å²) in [6, 6.07) is 4.95. The predicted molar refractivity (Wildman–Crippen MR) is 88.3 cm³/mol. The van der Waals surface area contributed by atoms with E-state index in [2.05, 4.69) is 5.32 Å². The van der Waals surface area contributed by atoms with E-state index in [4.69, 9.17) is 4.42 Å². The molecular weight excluding hydrogens is 312 g/mol. The first-order valence-corrected chi connectivity index (χ1v) is 8.70. The molecule has 2 aromatic heterocycles. The molecule has 1 fully saturated rings. The van der Waals surface area contributed by atoms with E-state index in [1.165, 1.54) is 11.8 Å². The van der Waals surface area contributed by atoms with Crippen LogP contribution in [0.5, 0.6) is 0 Å². The van der Waals surface area contributed by atoms with Gasteiger partial charge in [-0.3, -0.25) is 9.59 Å². The van der Waals surface area contributed by atoms with Gasteiger partial charge in [0.2, 0.25) is 5.91 Å². The molecule has 5 nitrogen and oxygen atoms in total. The van der Waals surface area contributed by atoms with Crippen LogP contribution in [0.25, 0.3) is 0 Å². The van der Waals surface area contributed by atoms with Crippen LogP contribution in [0, 0.1) is 6.92 Å². The second kappa shape index (κ2) is 7.00. The number of hydrogen-bond donors (Lipinski definition) is 1. The SMILES string of the molecule is Cc1ccsc1CNC(=O)C1CCCCN1C(=O)c1ccco1. The van der Waals surface area contributed by atoms with Crippen molar-refractivity contribution in [2.75, 3.05) is 6.54 Å². The summed E-state index contributed by atoms with van der Waals surface area (Å²) in [7, 11) is 0. The molecule has 1 atom stereocenters. The lowest BCUT2D eigenvalue weighted by Crippen LogP contribution is -2.51. The van der Waals surface area contributed by atoms with Gasteiger partial charge in [-0.25, -0.2) is 0 Å². The second-order valence-electron chi connectivity index (χ2n) is 5.73. The quantitative estimate of drug-likeness (QED) is 0.936. The standard InChI is InChI=1S/C17H20N2O3S/c1-12-7-10-23-15(12)11-18-16(20)13-5-2-3-8-19(13)17(21)14-6-4-9-22-14/h4,6-7,9-10,13H,2-3,5,8,11H2,1H3,(H,18,20). The Hall–Kier alpha value is -2.08. The monoisotopic (exact) mass is 332 g/mol. The highest BCUT2D eigenvalue weighted by Gasteiger charge is 2.33. The van der Waals surface area contributed by atoms with Crippen molar-refractivity contribution in [1.82, 2.24) is 10.2 Å². The number of carbonyl (C=O) groups excluding carboxylic acids is 2. The van der Waals surface area contributed by atoms with Crippen molar-refractivity contribution < 1.29 is 14.0 Å². The Labute approximate surface area is 139 Å². The first-order chi connectivity index (χ1) is 11.2. The van der Waals surface area contributed by atoms with Gasteiger partial charge in [-0.2, -0.15) is 0 Å². The zero-order valence-corrected chi connectivity index (χ0v) is 13.9. The van der Waals surface area contributed by atoms with Crippen LogP contribution >= 0.6 is 11.3 Å². The highest BCUT2D eigenvalue weighted by atomic mass is 32.1. The van der Waals surface area contributed by atoms with Gasteiger partial charge in [0.1, 0.15) is 6.04 Å². The molecule has 0 spiro atoms. The molecule has 122 valence electrons. The summed E-state index contributed by atoms with van der Waals surface area (Å²) in [4.78, 5) is 27.9. The third-order valence-electron chi connectivity index (χ3n) is 4.19. The van der Waals surface area contributed by atoms with Gasteiger partial charge < -0.3 is 14.6 Å². The molecule has 6 heteroatoms. The normalized spacial score (nSPS) is 18.0. The number of hydrogen-bond acceptors (Lipinski definition) is 4. The minimum Gasteiger partial charge on any atom is -0.459 e. The molecule has 23 heavy (non-hydrogen) atoms. The molecule has 3 heterocycles. The van der Waals surface area contributed by atoms with Crippen LogP contribution in [0.3, 0.4) is 0 Å². The van der Waals surface area contributed by atoms with E-state index in [1.807, 2.05) is 18.4 Å². The number of nitrogens with one attached hydrogen (secondary N) is 1. The van der Waals surface area contributed by atoms with E-state index < -0.39 is 6.04 Å². The van der Waals surface area contributed by atoms with Gasteiger partial charge in [-0.15, -0.1) is 11.3 Å². The van der Waals surface area contributed by atoms with Crippen LogP contribution < -0.4 is 5.32 Å². The van der Waals surface area contributed by atoms with E-state index in [-0.39, 0.29) is 11.8 Å². The molecule has 0 aromatic carbocycles. The number of nitrogens with zero attached hydrogens (tertiary/aromatic N) is 1. The smallest absolute Gasteiger partial charge is 0.290 e. The minimum atomic E-state index is -0.415. The summed E-state index contributed by atoms with van der Waals surface area (Å²) in [5.74, 6) is -0.00152. The number of piperidine rings is 1. The molecule has 0 radical (unpaired) electrons. The van der Waals surface area contributed by atoms with Gasteiger partial charge in [0.15, 0.2) is 5.76 Å². The van der Waals surface area contributed by atoms with Gasteiger partial charge in [0.05, 0.1) is 12.8 Å². The number of furan rings is 1. The number of carbonyl (C=O) groups is 2. The minimum absolute atomic E-state index is 0.0857. The maximum absolute atomic E-state index is 12.6. The number of aryl methyl sites for hydroxylation is 1. The van der Waals surface area contributed by atoms with Crippen LogP contribution in [0.15, 0.2) is 34.3 Å². The van der Waals surface area contributed by atoms with Crippen LogP contribution in [0.2, 0.25) is 0 Å². The molecule has 0 aliphatic carbocycles. The van der Waals surface area contributed by atoms with Crippen LogP contribution in [-0.4, -0.2) is 29.3 Å². The van der Waals surface area contributed by atoms with Crippen LogP contribution in [0.4, 0.5) is 0 Å². The summed E-state index contributed by atoms with van der Waals surface area (Å²) in [6.07, 6.45) is 4.05. The molecule has 0 bridgehead atoms. The fraction of sp³-hybridized carbons (Fsp3) is 0.412. The van der Waals surface area contributed by atoms with Crippen molar-refractivity contribution in [3.05, 3.63) is 46.0 Å². The van der Waals surface area contributed by atoms with Crippen molar-refractivity contribution >= 4 is 23.2 Å². The second-order valence-corrected chi connectivity index (χ2v) is 6.73. The van der Waals surface area contributed by atoms with E-state index in [0.29, 0.717) is 25.3 Å². The Morgan fingerprint density at radius 1 is 1.39 bits per heavy atom. The Bertz CT molecular complexity index is 678. The molecule has 2 aromatic rings. The lowest BCUT2D eigenvalue weighted by Gasteiger charge is -2.34. The number of rotatable bonds is 4. The Morgan fingerprint density at radius 2 is 2.26 bits per heavy atom. The highest BCUT2D eigenvalue weighted by molar-refractivity contribution is 7.10. The molecular formula is C17H20N2O3S. The zero-order valence-electron chi connectivity index (χ0n) is 13.1. The zero-order chi connectivity index (χ0) is 16.2. The fourth-order valence-electron chi connectivity index (χ4n) is 2.86. The summed E-state index contributed by atoms with van der Waals surface area (Å²) in [5, 5.41) is 4.99. The lowest BCUT2D eigenvalue weighted by molar-refractivity contribution is -0.126. The number of likely N-dealkylation sites (tertiary alicyclic amines) is 1. The molecule has 0 saturated carbocycles. The Morgan fingerprint density at radius 3 is 2.96 bits per heavy atom. The van der Waals surface area contributed by atoms with Crippen molar-refractivity contribution in [2.45, 2.75) is 38.8 Å². The molecule has 1 saturated heterocycles. The molecule has 1 aliphatic rings. The van der Waals surface area contributed by atoms with Gasteiger partial charge in [0, 0.05) is 11.4 Å².